The molecule has 0 amide bonds. The van der Waals surface area contributed by atoms with E-state index in [0.717, 1.165) is 6.07 Å². The van der Waals surface area contributed by atoms with Crippen molar-refractivity contribution in [1.29, 1.82) is 0 Å². The number of hydrogen-bond acceptors (Lipinski definition) is 4. The summed E-state index contributed by atoms with van der Waals surface area (Å²) in [5.41, 5.74) is -0.892. The van der Waals surface area contributed by atoms with Crippen LogP contribution in [0.25, 0.3) is 0 Å². The third kappa shape index (κ3) is 2.49. The summed E-state index contributed by atoms with van der Waals surface area (Å²) in [6, 6.07) is 3.28. The molecule has 7 heteroatoms. The average Bonchev–Trinajstić information content (AvgIpc) is 2.72. The number of nitrogens with zero attached hydrogens (tertiary/aromatic N) is 2. The Balaban J connectivity index is 2.29. The molecule has 1 saturated heterocycles. The quantitative estimate of drug-likeness (QED) is 0.669. The van der Waals surface area contributed by atoms with Gasteiger partial charge >= 0.3 is 5.97 Å². The van der Waals surface area contributed by atoms with Crippen LogP contribution in [0.3, 0.4) is 0 Å². The second-order valence-corrected chi connectivity index (χ2v) is 4.96. The zero-order valence-corrected chi connectivity index (χ0v) is 10.3. The molecule has 0 spiro atoms. The van der Waals surface area contributed by atoms with Crippen molar-refractivity contribution in [3.8, 4) is 0 Å². The Kier molecular flexibility index (Phi) is 3.13. The molecule has 1 heterocycles. The number of non-ortho nitro benzene ring substituents is 1. The van der Waals surface area contributed by atoms with Crippen LogP contribution in [0.1, 0.15) is 13.3 Å². The summed E-state index contributed by atoms with van der Waals surface area (Å²) in [6.45, 7) is 2.26. The molecule has 1 aromatic carbocycles. The van der Waals surface area contributed by atoms with E-state index in [9.17, 15) is 19.3 Å². The topological polar surface area (TPSA) is 83.7 Å². The second kappa shape index (κ2) is 4.49. The maximum Gasteiger partial charge on any atom is 0.311 e. The van der Waals surface area contributed by atoms with Gasteiger partial charge in [0, 0.05) is 24.8 Å². The fraction of sp³-hybridized carbons (Fsp3) is 0.417. The molecule has 0 aromatic heterocycles. The van der Waals surface area contributed by atoms with E-state index in [0.29, 0.717) is 18.7 Å². The minimum Gasteiger partial charge on any atom is -0.481 e. The lowest BCUT2D eigenvalue weighted by atomic mass is 9.90. The number of carboxylic acid groups (broad SMARTS) is 1. The zero-order valence-electron chi connectivity index (χ0n) is 10.3. The first-order chi connectivity index (χ1) is 8.82. The highest BCUT2D eigenvalue weighted by atomic mass is 19.1. The average molecular weight is 268 g/mol. The fourth-order valence-corrected chi connectivity index (χ4v) is 2.20. The molecule has 1 aromatic rings. The number of carbonyl (C=O) groups is 1. The molecule has 2 rings (SSSR count). The van der Waals surface area contributed by atoms with Gasteiger partial charge in [0.25, 0.3) is 5.69 Å². The van der Waals surface area contributed by atoms with Gasteiger partial charge in [-0.1, -0.05) is 0 Å². The van der Waals surface area contributed by atoms with Crippen molar-refractivity contribution in [3.63, 3.8) is 0 Å². The Morgan fingerprint density at radius 3 is 2.74 bits per heavy atom. The summed E-state index contributed by atoms with van der Waals surface area (Å²) in [6.07, 6.45) is 0.423. The van der Waals surface area contributed by atoms with Crippen LogP contribution in [0.2, 0.25) is 0 Å². The van der Waals surface area contributed by atoms with E-state index in [2.05, 4.69) is 0 Å². The predicted molar refractivity (Wildman–Crippen MR) is 65.6 cm³/mol. The van der Waals surface area contributed by atoms with Crippen molar-refractivity contribution in [2.24, 2.45) is 5.41 Å². The predicted octanol–water partition coefficient (Wildman–Crippen LogP) is 2.03. The van der Waals surface area contributed by atoms with Crippen LogP contribution in [0.4, 0.5) is 15.8 Å². The summed E-state index contributed by atoms with van der Waals surface area (Å²) in [5.74, 6) is -1.62. The molecule has 0 aliphatic carbocycles. The number of nitro groups is 1. The van der Waals surface area contributed by atoms with E-state index in [1.165, 1.54) is 12.1 Å². The van der Waals surface area contributed by atoms with Gasteiger partial charge in [0.15, 0.2) is 0 Å². The highest BCUT2D eigenvalue weighted by Gasteiger charge is 2.40. The van der Waals surface area contributed by atoms with E-state index in [4.69, 9.17) is 5.11 Å². The Morgan fingerprint density at radius 1 is 1.53 bits per heavy atom. The molecule has 0 radical (unpaired) electrons. The Bertz CT molecular complexity index is 549. The van der Waals surface area contributed by atoms with Gasteiger partial charge in [-0.2, -0.15) is 0 Å². The lowest BCUT2D eigenvalue weighted by molar-refractivity contribution is -0.385. The fourth-order valence-electron chi connectivity index (χ4n) is 2.20. The van der Waals surface area contributed by atoms with Gasteiger partial charge in [-0.15, -0.1) is 0 Å². The van der Waals surface area contributed by atoms with Crippen LogP contribution in [0.5, 0.6) is 0 Å². The molecule has 19 heavy (non-hydrogen) atoms. The maximum atomic E-state index is 13.3. The van der Waals surface area contributed by atoms with Gasteiger partial charge in [0.1, 0.15) is 5.82 Å². The molecule has 1 unspecified atom stereocenters. The van der Waals surface area contributed by atoms with Gasteiger partial charge < -0.3 is 10.0 Å². The number of rotatable bonds is 3. The molecule has 1 fully saturated rings. The third-order valence-electron chi connectivity index (χ3n) is 3.43. The summed E-state index contributed by atoms with van der Waals surface area (Å²) in [4.78, 5) is 22.8. The molecule has 6 nitrogen and oxygen atoms in total. The number of nitro benzene ring substituents is 1. The summed E-state index contributed by atoms with van der Waals surface area (Å²) in [7, 11) is 0. The van der Waals surface area contributed by atoms with Crippen LogP contribution in [0.15, 0.2) is 18.2 Å². The zero-order chi connectivity index (χ0) is 14.2. The van der Waals surface area contributed by atoms with E-state index in [-0.39, 0.29) is 12.2 Å². The van der Waals surface area contributed by atoms with Crippen molar-refractivity contribution in [3.05, 3.63) is 34.1 Å². The molecule has 1 atom stereocenters. The normalized spacial score (nSPS) is 22.5. The lowest BCUT2D eigenvalue weighted by Crippen LogP contribution is -2.31. The molecular formula is C12H13FN2O4. The highest BCUT2D eigenvalue weighted by Crippen LogP contribution is 2.34. The largest absolute Gasteiger partial charge is 0.481 e. The highest BCUT2D eigenvalue weighted by molar-refractivity contribution is 5.76. The first kappa shape index (κ1) is 13.3. The summed E-state index contributed by atoms with van der Waals surface area (Å²) < 4.78 is 13.3. The van der Waals surface area contributed by atoms with Crippen LogP contribution < -0.4 is 4.90 Å². The monoisotopic (exact) mass is 268 g/mol. The van der Waals surface area contributed by atoms with Gasteiger partial charge in [-0.25, -0.2) is 4.39 Å². The lowest BCUT2D eigenvalue weighted by Gasteiger charge is -2.21. The number of halogens is 1. The van der Waals surface area contributed by atoms with Crippen molar-refractivity contribution in [2.75, 3.05) is 18.0 Å². The minimum atomic E-state index is -0.916. The number of aliphatic carboxylic acids is 1. The molecule has 1 aliphatic heterocycles. The van der Waals surface area contributed by atoms with Gasteiger partial charge in [0.2, 0.25) is 0 Å². The third-order valence-corrected chi connectivity index (χ3v) is 3.43. The van der Waals surface area contributed by atoms with E-state index in [1.54, 1.807) is 11.8 Å². The van der Waals surface area contributed by atoms with Crippen molar-refractivity contribution < 1.29 is 19.2 Å². The van der Waals surface area contributed by atoms with Crippen LogP contribution in [-0.2, 0) is 4.79 Å². The first-order valence-electron chi connectivity index (χ1n) is 5.75. The molecular weight excluding hydrogens is 255 g/mol. The van der Waals surface area contributed by atoms with Crippen molar-refractivity contribution in [1.82, 2.24) is 0 Å². The SMILES string of the molecule is CC1(C(=O)O)CCN(c2cc(F)cc([N+](=O)[O-])c2)C1. The van der Waals surface area contributed by atoms with Crippen LogP contribution >= 0.6 is 0 Å². The molecule has 0 saturated carbocycles. The Hall–Kier alpha value is -2.18. The summed E-state index contributed by atoms with van der Waals surface area (Å²) in [5, 5.41) is 19.8. The Labute approximate surface area is 108 Å². The number of hydrogen-bond donors (Lipinski definition) is 1. The maximum absolute atomic E-state index is 13.3. The standard InChI is InChI=1S/C12H13FN2O4/c1-12(11(16)17)2-3-14(7-12)9-4-8(13)5-10(6-9)15(18)19/h4-6H,2-3,7H2,1H3,(H,16,17). The molecule has 0 bridgehead atoms. The van der Waals surface area contributed by atoms with Gasteiger partial charge in [0.05, 0.1) is 16.4 Å². The van der Waals surface area contributed by atoms with Crippen molar-refractivity contribution >= 4 is 17.3 Å². The van der Waals surface area contributed by atoms with Crippen molar-refractivity contribution in [2.45, 2.75) is 13.3 Å². The Morgan fingerprint density at radius 2 is 2.21 bits per heavy atom. The number of anilines is 1. The molecule has 1 N–H and O–H groups in total. The first-order valence-corrected chi connectivity index (χ1v) is 5.75. The number of carboxylic acids is 1. The second-order valence-electron chi connectivity index (χ2n) is 4.96. The molecule has 1 aliphatic rings. The van der Waals surface area contributed by atoms with Gasteiger partial charge in [-0.3, -0.25) is 14.9 Å². The van der Waals surface area contributed by atoms with E-state index >= 15 is 0 Å². The van der Waals surface area contributed by atoms with Crippen LogP contribution in [-0.4, -0.2) is 29.1 Å². The van der Waals surface area contributed by atoms with E-state index < -0.39 is 22.1 Å². The molecule has 102 valence electrons. The summed E-state index contributed by atoms with van der Waals surface area (Å²) >= 11 is 0. The minimum absolute atomic E-state index is 0.211. The van der Waals surface area contributed by atoms with Crippen LogP contribution in [0, 0.1) is 21.3 Å². The number of benzene rings is 1. The van der Waals surface area contributed by atoms with E-state index in [1.807, 2.05) is 0 Å². The van der Waals surface area contributed by atoms with Gasteiger partial charge in [-0.05, 0) is 19.4 Å². The smallest absolute Gasteiger partial charge is 0.311 e.